The van der Waals surface area contributed by atoms with Gasteiger partial charge in [0.1, 0.15) is 11.8 Å². The summed E-state index contributed by atoms with van der Waals surface area (Å²) >= 11 is 1.62. The number of anilines is 1. The maximum atomic E-state index is 12.8. The number of ether oxygens (including phenoxy) is 1. The Morgan fingerprint density at radius 1 is 1.23 bits per heavy atom. The van der Waals surface area contributed by atoms with Gasteiger partial charge in [0.15, 0.2) is 0 Å². The Morgan fingerprint density at radius 2 is 2.00 bits per heavy atom. The molecule has 4 rings (SSSR count). The molecular formula is C23H22N4O3S. The number of aromatic nitrogens is 1. The Bertz CT molecular complexity index is 1090. The summed E-state index contributed by atoms with van der Waals surface area (Å²) in [5, 5.41) is 11.5. The molecule has 1 amide bonds. The zero-order valence-corrected chi connectivity index (χ0v) is 18.0. The zero-order valence-electron chi connectivity index (χ0n) is 17.2. The second-order valence-corrected chi connectivity index (χ2v) is 7.88. The third-order valence-electron chi connectivity index (χ3n) is 4.93. The van der Waals surface area contributed by atoms with Crippen molar-refractivity contribution in [2.75, 3.05) is 37.7 Å². The average Bonchev–Trinajstić information content (AvgIpc) is 3.48. The van der Waals surface area contributed by atoms with E-state index in [-0.39, 0.29) is 11.6 Å². The van der Waals surface area contributed by atoms with Crippen LogP contribution in [0.4, 0.5) is 5.88 Å². The number of nitrogens with zero attached hydrogens (tertiary/aromatic N) is 4. The van der Waals surface area contributed by atoms with Crippen LogP contribution >= 0.6 is 11.3 Å². The first-order chi connectivity index (χ1) is 15.2. The van der Waals surface area contributed by atoms with Crippen LogP contribution in [0.5, 0.6) is 5.75 Å². The number of nitriles is 1. The number of oxazole rings is 1. The van der Waals surface area contributed by atoms with Crippen molar-refractivity contribution < 1.29 is 13.9 Å². The highest BCUT2D eigenvalue weighted by Gasteiger charge is 2.26. The summed E-state index contributed by atoms with van der Waals surface area (Å²) in [6.07, 6.45) is 3.68. The van der Waals surface area contributed by atoms with Gasteiger partial charge in [-0.2, -0.15) is 10.2 Å². The van der Waals surface area contributed by atoms with Gasteiger partial charge in [0, 0.05) is 42.7 Å². The molecule has 0 aliphatic carbocycles. The van der Waals surface area contributed by atoms with Gasteiger partial charge in [-0.05, 0) is 48.7 Å². The maximum absolute atomic E-state index is 12.8. The fourth-order valence-electron chi connectivity index (χ4n) is 3.38. The Labute approximate surface area is 184 Å². The van der Waals surface area contributed by atoms with Crippen molar-refractivity contribution in [3.63, 3.8) is 0 Å². The molecule has 0 N–H and O–H groups in total. The minimum Gasteiger partial charge on any atom is -0.494 e. The lowest BCUT2D eigenvalue weighted by atomic mass is 10.1. The van der Waals surface area contributed by atoms with Crippen LogP contribution in [-0.4, -0.2) is 48.6 Å². The fraction of sp³-hybridized carbons (Fsp3) is 0.261. The number of hydrogen-bond acceptors (Lipinski definition) is 7. The van der Waals surface area contributed by atoms with Gasteiger partial charge in [-0.25, -0.2) is 0 Å². The molecule has 0 saturated carbocycles. The van der Waals surface area contributed by atoms with Crippen molar-refractivity contribution in [1.82, 2.24) is 9.88 Å². The monoisotopic (exact) mass is 434 g/mol. The van der Waals surface area contributed by atoms with Gasteiger partial charge in [0.05, 0.1) is 6.61 Å². The fourth-order valence-corrected chi connectivity index (χ4v) is 4.00. The van der Waals surface area contributed by atoms with Gasteiger partial charge < -0.3 is 19.0 Å². The van der Waals surface area contributed by atoms with Crippen LogP contribution in [0.25, 0.3) is 12.2 Å². The largest absolute Gasteiger partial charge is 0.494 e. The summed E-state index contributed by atoms with van der Waals surface area (Å²) in [6, 6.07) is 13.3. The van der Waals surface area contributed by atoms with Crippen LogP contribution in [-0.2, 0) is 0 Å². The molecule has 1 saturated heterocycles. The molecule has 1 aliphatic heterocycles. The topological polar surface area (TPSA) is 82.6 Å². The predicted molar refractivity (Wildman–Crippen MR) is 120 cm³/mol. The smallest absolute Gasteiger partial charge is 0.253 e. The average molecular weight is 435 g/mol. The molecule has 8 heteroatoms. The highest BCUT2D eigenvalue weighted by Crippen LogP contribution is 2.25. The standard InChI is InChI=1S/C23H22N4O3S/c1-2-29-18-7-5-17(6-8-18)22(28)26-11-13-27(14-12-26)23-20(16-24)25-21(30-23)10-9-19-4-3-15-31-19/h3-10,15H,2,11-14H2,1H3/b10-9+. The first-order valence-corrected chi connectivity index (χ1v) is 11.0. The molecule has 1 aromatic carbocycles. The van der Waals surface area contributed by atoms with Gasteiger partial charge in [0.2, 0.25) is 17.5 Å². The van der Waals surface area contributed by atoms with Crippen LogP contribution in [0, 0.1) is 11.3 Å². The minimum absolute atomic E-state index is 0.0136. The normalized spacial score (nSPS) is 14.1. The lowest BCUT2D eigenvalue weighted by Gasteiger charge is -2.34. The summed E-state index contributed by atoms with van der Waals surface area (Å²) in [5.74, 6) is 1.59. The van der Waals surface area contributed by atoms with Crippen LogP contribution in [0.3, 0.4) is 0 Å². The molecule has 31 heavy (non-hydrogen) atoms. The van der Waals surface area contributed by atoms with E-state index in [2.05, 4.69) is 11.1 Å². The summed E-state index contributed by atoms with van der Waals surface area (Å²) in [7, 11) is 0. The molecule has 1 aliphatic rings. The molecule has 0 unspecified atom stereocenters. The lowest BCUT2D eigenvalue weighted by Crippen LogP contribution is -2.48. The molecule has 7 nitrogen and oxygen atoms in total. The first kappa shape index (κ1) is 20.7. The number of carbonyl (C=O) groups is 1. The zero-order chi connectivity index (χ0) is 21.6. The Balaban J connectivity index is 1.40. The van der Waals surface area contributed by atoms with Gasteiger partial charge in [-0.1, -0.05) is 6.07 Å². The Morgan fingerprint density at radius 3 is 2.65 bits per heavy atom. The van der Waals surface area contributed by atoms with Crippen molar-refractivity contribution in [2.24, 2.45) is 0 Å². The van der Waals surface area contributed by atoms with Crippen molar-refractivity contribution in [2.45, 2.75) is 6.92 Å². The predicted octanol–water partition coefficient (Wildman–Crippen LogP) is 4.14. The second kappa shape index (κ2) is 9.49. The van der Waals surface area contributed by atoms with Gasteiger partial charge >= 0.3 is 0 Å². The van der Waals surface area contributed by atoms with Crippen molar-refractivity contribution in [1.29, 1.82) is 5.26 Å². The number of piperazine rings is 1. The molecular weight excluding hydrogens is 412 g/mol. The van der Waals surface area contributed by atoms with Crippen LogP contribution in [0.1, 0.15) is 33.7 Å². The van der Waals surface area contributed by atoms with Gasteiger partial charge in [0.25, 0.3) is 5.91 Å². The van der Waals surface area contributed by atoms with Crippen molar-refractivity contribution in [3.8, 4) is 11.8 Å². The molecule has 0 atom stereocenters. The molecule has 0 radical (unpaired) electrons. The molecule has 158 valence electrons. The summed E-state index contributed by atoms with van der Waals surface area (Å²) in [6.45, 7) is 4.73. The summed E-state index contributed by atoms with van der Waals surface area (Å²) < 4.78 is 11.3. The lowest BCUT2D eigenvalue weighted by molar-refractivity contribution is 0.0745. The van der Waals surface area contributed by atoms with E-state index >= 15 is 0 Å². The maximum Gasteiger partial charge on any atom is 0.253 e. The second-order valence-electron chi connectivity index (χ2n) is 6.90. The van der Waals surface area contributed by atoms with E-state index < -0.39 is 0 Å². The van der Waals surface area contributed by atoms with Gasteiger partial charge in [-0.15, -0.1) is 11.3 Å². The Hall–Kier alpha value is -3.57. The molecule has 1 fully saturated rings. The quantitative estimate of drug-likeness (QED) is 0.580. The number of carbonyl (C=O) groups excluding carboxylic acids is 1. The SMILES string of the molecule is CCOc1ccc(C(=O)N2CCN(c3oc(/C=C/c4cccs4)nc3C#N)CC2)cc1. The third kappa shape index (κ3) is 4.78. The molecule has 3 heterocycles. The number of rotatable bonds is 6. The molecule has 2 aromatic heterocycles. The van der Waals surface area contributed by atoms with Crippen LogP contribution < -0.4 is 9.64 Å². The first-order valence-electron chi connectivity index (χ1n) is 10.1. The van der Waals surface area contributed by atoms with E-state index in [9.17, 15) is 10.1 Å². The van der Waals surface area contributed by atoms with E-state index in [1.165, 1.54) is 0 Å². The van der Waals surface area contributed by atoms with E-state index in [0.29, 0.717) is 50.1 Å². The number of thiophene rings is 1. The van der Waals surface area contributed by atoms with E-state index in [4.69, 9.17) is 9.15 Å². The third-order valence-corrected chi connectivity index (χ3v) is 5.77. The van der Waals surface area contributed by atoms with Crippen LogP contribution in [0.2, 0.25) is 0 Å². The Kier molecular flexibility index (Phi) is 6.34. The van der Waals surface area contributed by atoms with E-state index in [0.717, 1.165) is 10.6 Å². The number of hydrogen-bond donors (Lipinski definition) is 0. The summed E-state index contributed by atoms with van der Waals surface area (Å²) in [5.41, 5.74) is 0.896. The summed E-state index contributed by atoms with van der Waals surface area (Å²) in [4.78, 5) is 22.0. The number of amides is 1. The molecule has 0 bridgehead atoms. The highest BCUT2D eigenvalue weighted by molar-refractivity contribution is 7.10. The highest BCUT2D eigenvalue weighted by atomic mass is 32.1. The molecule has 0 spiro atoms. The van der Waals surface area contributed by atoms with Crippen molar-refractivity contribution in [3.05, 3.63) is 63.8 Å². The van der Waals surface area contributed by atoms with E-state index in [1.54, 1.807) is 29.5 Å². The molecule has 3 aromatic rings. The minimum atomic E-state index is -0.0136. The van der Waals surface area contributed by atoms with E-state index in [1.807, 2.05) is 52.4 Å². The van der Waals surface area contributed by atoms with Gasteiger partial charge in [-0.3, -0.25) is 4.79 Å². The number of benzene rings is 1. The van der Waals surface area contributed by atoms with Crippen molar-refractivity contribution >= 4 is 35.3 Å². The van der Waals surface area contributed by atoms with Crippen LogP contribution in [0.15, 0.2) is 46.2 Å².